The normalized spacial score (nSPS) is 11.3. The summed E-state index contributed by atoms with van der Waals surface area (Å²) >= 11 is 0. The zero-order valence-corrected chi connectivity index (χ0v) is 15.5. The highest BCUT2D eigenvalue weighted by Crippen LogP contribution is 2.19. The smallest absolute Gasteiger partial charge is 0.263 e. The third kappa shape index (κ3) is 5.28. The van der Waals surface area contributed by atoms with Crippen LogP contribution in [0, 0.1) is 0 Å². The molecule has 0 radical (unpaired) electrons. The second-order valence-electron chi connectivity index (χ2n) is 5.79. The molecule has 0 heterocycles. The quantitative estimate of drug-likeness (QED) is 0.644. The lowest BCUT2D eigenvalue weighted by atomic mass is 10.2. The van der Waals surface area contributed by atoms with Crippen LogP contribution in [-0.2, 0) is 11.3 Å². The summed E-state index contributed by atoms with van der Waals surface area (Å²) in [6.07, 6.45) is 1.10. The average molecular weight is 355 g/mol. The first-order valence-electron chi connectivity index (χ1n) is 8.40. The lowest BCUT2D eigenvalue weighted by Gasteiger charge is -2.25. The van der Waals surface area contributed by atoms with E-state index in [1.165, 1.54) is 0 Å². The summed E-state index contributed by atoms with van der Waals surface area (Å²) in [5, 5.41) is 0. The molecule has 1 unspecified atom stereocenters. The zero-order valence-electron chi connectivity index (χ0n) is 15.5. The van der Waals surface area contributed by atoms with E-state index in [2.05, 4.69) is 6.58 Å². The number of ether oxygens (including phenoxy) is 3. The van der Waals surface area contributed by atoms with Crippen LogP contribution in [0.25, 0.3) is 0 Å². The molecular formula is C21H25NO4. The van der Waals surface area contributed by atoms with Crippen LogP contribution in [0.3, 0.4) is 0 Å². The summed E-state index contributed by atoms with van der Waals surface area (Å²) in [6, 6.07) is 14.8. The molecule has 1 amide bonds. The van der Waals surface area contributed by atoms with Gasteiger partial charge in [0.1, 0.15) is 17.2 Å². The predicted molar refractivity (Wildman–Crippen MR) is 102 cm³/mol. The average Bonchev–Trinajstić information content (AvgIpc) is 2.68. The molecule has 0 aliphatic carbocycles. The van der Waals surface area contributed by atoms with Gasteiger partial charge in [0.2, 0.25) is 0 Å². The Morgan fingerprint density at radius 3 is 2.00 bits per heavy atom. The SMILES string of the molecule is C=CCN(Cc1ccc(OC)cc1)C(=O)C(C)Oc1ccc(OC)cc1. The molecule has 0 aliphatic heterocycles. The van der Waals surface area contributed by atoms with Crippen LogP contribution in [0.1, 0.15) is 12.5 Å². The number of carbonyl (C=O) groups excluding carboxylic acids is 1. The molecule has 0 spiro atoms. The first-order chi connectivity index (χ1) is 12.6. The van der Waals surface area contributed by atoms with Crippen molar-refractivity contribution in [2.45, 2.75) is 19.6 Å². The molecule has 5 nitrogen and oxygen atoms in total. The summed E-state index contributed by atoms with van der Waals surface area (Å²) in [4.78, 5) is 14.5. The maximum Gasteiger partial charge on any atom is 0.263 e. The van der Waals surface area contributed by atoms with Gasteiger partial charge in [0, 0.05) is 13.1 Å². The monoisotopic (exact) mass is 355 g/mol. The van der Waals surface area contributed by atoms with Crippen LogP contribution < -0.4 is 14.2 Å². The number of carbonyl (C=O) groups is 1. The van der Waals surface area contributed by atoms with Crippen molar-refractivity contribution in [3.05, 3.63) is 66.7 Å². The van der Waals surface area contributed by atoms with Gasteiger partial charge in [-0.2, -0.15) is 0 Å². The van der Waals surface area contributed by atoms with Crippen LogP contribution in [0.4, 0.5) is 0 Å². The van der Waals surface area contributed by atoms with Gasteiger partial charge in [-0.1, -0.05) is 18.2 Å². The Labute approximate surface area is 154 Å². The van der Waals surface area contributed by atoms with Crippen molar-refractivity contribution in [3.8, 4) is 17.2 Å². The van der Waals surface area contributed by atoms with Crippen molar-refractivity contribution >= 4 is 5.91 Å². The van der Waals surface area contributed by atoms with Crippen molar-refractivity contribution in [1.82, 2.24) is 4.90 Å². The Kier molecular flexibility index (Phi) is 7.09. The Bertz CT molecular complexity index is 710. The van der Waals surface area contributed by atoms with Crippen LogP contribution >= 0.6 is 0 Å². The maximum atomic E-state index is 12.8. The second-order valence-corrected chi connectivity index (χ2v) is 5.79. The summed E-state index contributed by atoms with van der Waals surface area (Å²) in [5.41, 5.74) is 1.01. The molecule has 0 fully saturated rings. The Hall–Kier alpha value is -2.95. The van der Waals surface area contributed by atoms with E-state index in [-0.39, 0.29) is 5.91 Å². The van der Waals surface area contributed by atoms with Crippen LogP contribution in [0.5, 0.6) is 17.2 Å². The van der Waals surface area contributed by atoms with Crippen molar-refractivity contribution in [3.63, 3.8) is 0 Å². The van der Waals surface area contributed by atoms with Crippen molar-refractivity contribution in [2.24, 2.45) is 0 Å². The molecule has 0 aromatic heterocycles. The molecule has 0 saturated heterocycles. The van der Waals surface area contributed by atoms with Gasteiger partial charge < -0.3 is 19.1 Å². The van der Waals surface area contributed by atoms with E-state index in [1.54, 1.807) is 56.4 Å². The van der Waals surface area contributed by atoms with Crippen LogP contribution in [-0.4, -0.2) is 37.7 Å². The highest BCUT2D eigenvalue weighted by Gasteiger charge is 2.21. The van der Waals surface area contributed by atoms with Gasteiger partial charge in [-0.25, -0.2) is 0 Å². The summed E-state index contributed by atoms with van der Waals surface area (Å²) < 4.78 is 16.1. The van der Waals surface area contributed by atoms with E-state index in [0.29, 0.717) is 18.8 Å². The minimum absolute atomic E-state index is 0.100. The lowest BCUT2D eigenvalue weighted by Crippen LogP contribution is -2.40. The van der Waals surface area contributed by atoms with Gasteiger partial charge in [-0.3, -0.25) is 4.79 Å². The minimum Gasteiger partial charge on any atom is -0.497 e. The number of benzene rings is 2. The van der Waals surface area contributed by atoms with E-state index >= 15 is 0 Å². The minimum atomic E-state index is -0.610. The first kappa shape index (κ1) is 19.4. The van der Waals surface area contributed by atoms with Gasteiger partial charge in [-0.05, 0) is 48.9 Å². The van der Waals surface area contributed by atoms with E-state index in [0.717, 1.165) is 17.1 Å². The van der Waals surface area contributed by atoms with Gasteiger partial charge in [0.05, 0.1) is 14.2 Å². The van der Waals surface area contributed by atoms with E-state index in [4.69, 9.17) is 14.2 Å². The van der Waals surface area contributed by atoms with Crippen molar-refractivity contribution in [1.29, 1.82) is 0 Å². The Morgan fingerprint density at radius 1 is 1.00 bits per heavy atom. The summed E-state index contributed by atoms with van der Waals surface area (Å²) in [5.74, 6) is 2.04. The maximum absolute atomic E-state index is 12.8. The molecule has 0 aliphatic rings. The number of methoxy groups -OCH3 is 2. The molecule has 1 atom stereocenters. The van der Waals surface area contributed by atoms with Crippen molar-refractivity contribution < 1.29 is 19.0 Å². The van der Waals surface area contributed by atoms with E-state index < -0.39 is 6.10 Å². The molecule has 2 rings (SSSR count). The fourth-order valence-electron chi connectivity index (χ4n) is 2.51. The molecule has 0 N–H and O–H groups in total. The van der Waals surface area contributed by atoms with Crippen LogP contribution in [0.15, 0.2) is 61.2 Å². The molecule has 2 aromatic carbocycles. The third-order valence-electron chi connectivity index (χ3n) is 3.91. The summed E-state index contributed by atoms with van der Waals surface area (Å²) in [6.45, 7) is 6.42. The molecule has 2 aromatic rings. The third-order valence-corrected chi connectivity index (χ3v) is 3.91. The number of nitrogens with zero attached hydrogens (tertiary/aromatic N) is 1. The van der Waals surface area contributed by atoms with Gasteiger partial charge in [0.25, 0.3) is 5.91 Å². The Morgan fingerprint density at radius 2 is 1.50 bits per heavy atom. The molecular weight excluding hydrogens is 330 g/mol. The van der Waals surface area contributed by atoms with Gasteiger partial charge in [0.15, 0.2) is 6.10 Å². The largest absolute Gasteiger partial charge is 0.497 e. The molecule has 0 bridgehead atoms. The topological polar surface area (TPSA) is 48.0 Å². The number of hydrogen-bond donors (Lipinski definition) is 0. The Balaban J connectivity index is 2.03. The molecule has 0 saturated carbocycles. The first-order valence-corrected chi connectivity index (χ1v) is 8.40. The van der Waals surface area contributed by atoms with Gasteiger partial charge >= 0.3 is 0 Å². The van der Waals surface area contributed by atoms with Crippen LogP contribution in [0.2, 0.25) is 0 Å². The molecule has 138 valence electrons. The highest BCUT2D eigenvalue weighted by molar-refractivity contribution is 5.81. The molecule has 5 heteroatoms. The number of amides is 1. The van der Waals surface area contributed by atoms with Crippen molar-refractivity contribution in [2.75, 3.05) is 20.8 Å². The number of rotatable bonds is 9. The fraction of sp³-hybridized carbons (Fsp3) is 0.286. The fourth-order valence-corrected chi connectivity index (χ4v) is 2.51. The predicted octanol–water partition coefficient (Wildman–Crippen LogP) is 3.69. The highest BCUT2D eigenvalue weighted by atomic mass is 16.5. The summed E-state index contributed by atoms with van der Waals surface area (Å²) in [7, 11) is 3.23. The van der Waals surface area contributed by atoms with E-state index in [9.17, 15) is 4.79 Å². The number of hydrogen-bond acceptors (Lipinski definition) is 4. The van der Waals surface area contributed by atoms with Gasteiger partial charge in [-0.15, -0.1) is 6.58 Å². The zero-order chi connectivity index (χ0) is 18.9. The standard InChI is InChI=1S/C21H25NO4/c1-5-14-22(15-17-6-8-18(24-3)9-7-17)21(23)16(2)26-20-12-10-19(25-4)11-13-20/h5-13,16H,1,14-15H2,2-4H3. The lowest BCUT2D eigenvalue weighted by molar-refractivity contribution is -0.138. The molecule has 26 heavy (non-hydrogen) atoms. The van der Waals surface area contributed by atoms with E-state index in [1.807, 2.05) is 24.3 Å². The second kappa shape index (κ2) is 9.51.